The van der Waals surface area contributed by atoms with E-state index < -0.39 is 0 Å². The van der Waals surface area contributed by atoms with E-state index in [0.717, 1.165) is 45.0 Å². The quantitative estimate of drug-likeness (QED) is 0.281. The molecule has 0 amide bonds. The average Bonchev–Trinajstić information content (AvgIpc) is 2.38. The molecule has 1 aliphatic rings. The molecule has 17 heavy (non-hydrogen) atoms. The van der Waals surface area contributed by atoms with Gasteiger partial charge in [0.05, 0.1) is 6.61 Å². The highest BCUT2D eigenvalue weighted by Crippen LogP contribution is 2.16. The highest BCUT2D eigenvalue weighted by molar-refractivity contribution is 5.70. The number of carbonyl (C=O) groups excluding carboxylic acids is 1. The normalized spacial score (nSPS) is 21.2. The van der Waals surface area contributed by atoms with E-state index in [9.17, 15) is 4.79 Å². The molecule has 3 heteroatoms. The van der Waals surface area contributed by atoms with Crippen molar-refractivity contribution in [3.05, 3.63) is 11.8 Å². The molecule has 0 radical (unpaired) electrons. The van der Waals surface area contributed by atoms with Crippen molar-refractivity contribution < 1.29 is 14.3 Å². The Labute approximate surface area is 104 Å². The van der Waals surface area contributed by atoms with Crippen molar-refractivity contribution in [2.24, 2.45) is 0 Å². The Hall–Kier alpha value is -0.830. The molecular formula is C14H24O3. The first-order valence-electron chi connectivity index (χ1n) is 6.80. The van der Waals surface area contributed by atoms with Crippen LogP contribution in [0.3, 0.4) is 0 Å². The van der Waals surface area contributed by atoms with Crippen molar-refractivity contribution >= 4 is 6.29 Å². The number of hydrogen-bond acceptors (Lipinski definition) is 3. The van der Waals surface area contributed by atoms with Crippen LogP contribution in [-0.2, 0) is 14.3 Å². The molecule has 0 saturated carbocycles. The van der Waals surface area contributed by atoms with Crippen LogP contribution in [0.25, 0.3) is 0 Å². The molecule has 0 N–H and O–H groups in total. The minimum Gasteiger partial charge on any atom is -0.462 e. The summed E-state index contributed by atoms with van der Waals surface area (Å²) < 4.78 is 11.0. The van der Waals surface area contributed by atoms with E-state index in [1.165, 1.54) is 19.3 Å². The molecule has 1 fully saturated rings. The van der Waals surface area contributed by atoms with Crippen molar-refractivity contribution in [1.29, 1.82) is 0 Å². The Morgan fingerprint density at radius 3 is 2.88 bits per heavy atom. The minimum atomic E-state index is -0.212. The van der Waals surface area contributed by atoms with Gasteiger partial charge in [-0.25, -0.2) is 0 Å². The fourth-order valence-corrected chi connectivity index (χ4v) is 1.90. The summed E-state index contributed by atoms with van der Waals surface area (Å²) in [5.74, 6) is 0.438. The third-order valence-corrected chi connectivity index (χ3v) is 2.92. The summed E-state index contributed by atoms with van der Waals surface area (Å²) in [6.45, 7) is 2.93. The van der Waals surface area contributed by atoms with Gasteiger partial charge in [0.15, 0.2) is 18.3 Å². The first-order chi connectivity index (χ1) is 8.36. The van der Waals surface area contributed by atoms with E-state index in [1.54, 1.807) is 0 Å². The number of ether oxygens (including phenoxy) is 2. The zero-order valence-electron chi connectivity index (χ0n) is 10.8. The lowest BCUT2D eigenvalue weighted by Crippen LogP contribution is -2.22. The molecule has 1 saturated heterocycles. The number of aldehydes is 1. The molecule has 1 heterocycles. The van der Waals surface area contributed by atoms with Crippen molar-refractivity contribution in [2.75, 3.05) is 6.61 Å². The summed E-state index contributed by atoms with van der Waals surface area (Å²) in [5.41, 5.74) is 0. The lowest BCUT2D eigenvalue weighted by Gasteiger charge is -2.23. The monoisotopic (exact) mass is 240 g/mol. The van der Waals surface area contributed by atoms with E-state index in [4.69, 9.17) is 9.47 Å². The van der Waals surface area contributed by atoms with Crippen molar-refractivity contribution in [3.63, 3.8) is 0 Å². The van der Waals surface area contributed by atoms with Gasteiger partial charge in [0.2, 0.25) is 0 Å². The number of carbonyl (C=O) groups is 1. The molecule has 1 rings (SSSR count). The highest BCUT2D eigenvalue weighted by Gasteiger charge is 2.15. The number of hydrogen-bond donors (Lipinski definition) is 0. The number of allylic oxidation sites excluding steroid dienone is 2. The molecule has 0 spiro atoms. The molecule has 0 bridgehead atoms. The van der Waals surface area contributed by atoms with Crippen molar-refractivity contribution in [3.8, 4) is 0 Å². The molecule has 3 nitrogen and oxygen atoms in total. The van der Waals surface area contributed by atoms with Gasteiger partial charge in [-0.15, -0.1) is 0 Å². The molecule has 1 aliphatic heterocycles. The molecule has 0 aliphatic carbocycles. The van der Waals surface area contributed by atoms with E-state index in [2.05, 4.69) is 6.92 Å². The van der Waals surface area contributed by atoms with Gasteiger partial charge in [-0.1, -0.05) is 26.2 Å². The molecule has 0 aromatic carbocycles. The molecule has 98 valence electrons. The minimum absolute atomic E-state index is 0.212. The van der Waals surface area contributed by atoms with E-state index in [0.29, 0.717) is 5.76 Å². The summed E-state index contributed by atoms with van der Waals surface area (Å²) in [5, 5.41) is 0. The second-order valence-electron chi connectivity index (χ2n) is 4.49. The molecular weight excluding hydrogens is 216 g/mol. The third-order valence-electron chi connectivity index (χ3n) is 2.92. The van der Waals surface area contributed by atoms with Gasteiger partial charge in [-0.2, -0.15) is 0 Å². The Morgan fingerprint density at radius 1 is 1.35 bits per heavy atom. The maximum absolute atomic E-state index is 10.8. The molecule has 1 atom stereocenters. The topological polar surface area (TPSA) is 35.5 Å². The van der Waals surface area contributed by atoms with Gasteiger partial charge in [0.1, 0.15) is 0 Å². The Balaban J connectivity index is 2.21. The second kappa shape index (κ2) is 9.23. The summed E-state index contributed by atoms with van der Waals surface area (Å²) in [4.78, 5) is 10.8. The molecule has 1 unspecified atom stereocenters. The standard InChI is InChI=1S/C14H24O3/c1-2-3-4-5-6-9-13(12-15)17-14-10-7-8-11-16-14/h9,12,14H,2-8,10-11H2,1H3. The first-order valence-corrected chi connectivity index (χ1v) is 6.80. The van der Waals surface area contributed by atoms with Crippen LogP contribution >= 0.6 is 0 Å². The van der Waals surface area contributed by atoms with Crippen LogP contribution in [0.1, 0.15) is 58.3 Å². The predicted molar refractivity (Wildman–Crippen MR) is 67.6 cm³/mol. The Kier molecular flexibility index (Phi) is 7.72. The smallest absolute Gasteiger partial charge is 0.199 e. The SMILES string of the molecule is CCCCCCC=C(C=O)OC1CCCCO1. The van der Waals surface area contributed by atoms with Gasteiger partial charge in [-0.05, 0) is 31.8 Å². The van der Waals surface area contributed by atoms with Gasteiger partial charge < -0.3 is 9.47 Å². The first kappa shape index (κ1) is 14.2. The van der Waals surface area contributed by atoms with E-state index in [1.807, 2.05) is 6.08 Å². The van der Waals surface area contributed by atoms with Crippen LogP contribution in [0.2, 0.25) is 0 Å². The second-order valence-corrected chi connectivity index (χ2v) is 4.49. The van der Waals surface area contributed by atoms with Crippen molar-refractivity contribution in [1.82, 2.24) is 0 Å². The van der Waals surface area contributed by atoms with Gasteiger partial charge in [-0.3, -0.25) is 4.79 Å². The maximum Gasteiger partial charge on any atom is 0.199 e. The van der Waals surface area contributed by atoms with Crippen LogP contribution in [-0.4, -0.2) is 19.2 Å². The Bertz CT molecular complexity index is 230. The van der Waals surface area contributed by atoms with Crippen LogP contribution in [0.4, 0.5) is 0 Å². The number of rotatable bonds is 8. The van der Waals surface area contributed by atoms with Crippen LogP contribution in [0.5, 0.6) is 0 Å². The van der Waals surface area contributed by atoms with E-state index >= 15 is 0 Å². The maximum atomic E-state index is 10.8. The number of unbranched alkanes of at least 4 members (excludes halogenated alkanes) is 4. The molecule has 0 aromatic heterocycles. The summed E-state index contributed by atoms with van der Waals surface area (Å²) >= 11 is 0. The zero-order valence-corrected chi connectivity index (χ0v) is 10.8. The zero-order chi connectivity index (χ0) is 12.3. The fraction of sp³-hybridized carbons (Fsp3) is 0.786. The van der Waals surface area contributed by atoms with Crippen LogP contribution < -0.4 is 0 Å². The third kappa shape index (κ3) is 6.47. The summed E-state index contributed by atoms with van der Waals surface area (Å²) in [6, 6.07) is 0. The largest absolute Gasteiger partial charge is 0.462 e. The predicted octanol–water partition coefficient (Wildman–Crippen LogP) is 3.58. The van der Waals surface area contributed by atoms with E-state index in [-0.39, 0.29) is 6.29 Å². The van der Waals surface area contributed by atoms with Gasteiger partial charge in [0, 0.05) is 6.42 Å². The highest BCUT2D eigenvalue weighted by atomic mass is 16.7. The lowest BCUT2D eigenvalue weighted by molar-refractivity contribution is -0.145. The van der Waals surface area contributed by atoms with Gasteiger partial charge >= 0.3 is 0 Å². The fourth-order valence-electron chi connectivity index (χ4n) is 1.90. The summed E-state index contributed by atoms with van der Waals surface area (Å²) in [6.07, 6.45) is 11.3. The molecule has 0 aromatic rings. The van der Waals surface area contributed by atoms with Crippen LogP contribution in [0.15, 0.2) is 11.8 Å². The average molecular weight is 240 g/mol. The van der Waals surface area contributed by atoms with Crippen molar-refractivity contribution in [2.45, 2.75) is 64.6 Å². The summed E-state index contributed by atoms with van der Waals surface area (Å²) in [7, 11) is 0. The Morgan fingerprint density at radius 2 is 2.24 bits per heavy atom. The van der Waals surface area contributed by atoms with Gasteiger partial charge in [0.25, 0.3) is 0 Å². The lowest BCUT2D eigenvalue weighted by atomic mass is 10.1. The van der Waals surface area contributed by atoms with Crippen LogP contribution in [0, 0.1) is 0 Å².